The molecule has 0 aliphatic rings. The van der Waals surface area contributed by atoms with Crippen LogP contribution in [-0.2, 0) is 6.61 Å². The van der Waals surface area contributed by atoms with E-state index < -0.39 is 0 Å². The van der Waals surface area contributed by atoms with Gasteiger partial charge in [0, 0.05) is 11.8 Å². The van der Waals surface area contributed by atoms with E-state index in [4.69, 9.17) is 10.5 Å². The van der Waals surface area contributed by atoms with Crippen molar-refractivity contribution < 1.29 is 4.74 Å². The Hall–Kier alpha value is -2.03. The van der Waals surface area contributed by atoms with Crippen molar-refractivity contribution in [2.24, 2.45) is 0 Å². The van der Waals surface area contributed by atoms with Gasteiger partial charge in [-0.3, -0.25) is 4.98 Å². The third kappa shape index (κ3) is 2.31. The van der Waals surface area contributed by atoms with E-state index in [2.05, 4.69) is 4.98 Å². The van der Waals surface area contributed by atoms with Crippen molar-refractivity contribution in [1.29, 1.82) is 0 Å². The van der Waals surface area contributed by atoms with Crippen molar-refractivity contribution >= 4 is 5.69 Å². The maximum atomic E-state index is 5.77. The molecule has 82 valence electrons. The lowest BCUT2D eigenvalue weighted by molar-refractivity contribution is 0.305. The summed E-state index contributed by atoms with van der Waals surface area (Å²) in [4.78, 5) is 4.05. The fourth-order valence-electron chi connectivity index (χ4n) is 1.41. The Morgan fingerprint density at radius 1 is 1.19 bits per heavy atom. The number of anilines is 1. The van der Waals surface area contributed by atoms with Gasteiger partial charge in [-0.15, -0.1) is 0 Å². The number of nitrogens with zero attached hydrogens (tertiary/aromatic N) is 1. The van der Waals surface area contributed by atoms with Crippen LogP contribution in [0.4, 0.5) is 5.69 Å². The molecule has 0 aliphatic carbocycles. The minimum atomic E-state index is 0.494. The number of hydrogen-bond acceptors (Lipinski definition) is 3. The number of pyridine rings is 1. The molecule has 0 radical (unpaired) electrons. The monoisotopic (exact) mass is 214 g/mol. The molecule has 2 rings (SSSR count). The smallest absolute Gasteiger partial charge is 0.119 e. The second-order valence-electron chi connectivity index (χ2n) is 3.61. The van der Waals surface area contributed by atoms with Crippen LogP contribution >= 0.6 is 0 Å². The molecule has 16 heavy (non-hydrogen) atoms. The number of hydrogen-bond donors (Lipinski definition) is 1. The van der Waals surface area contributed by atoms with Gasteiger partial charge >= 0.3 is 0 Å². The highest BCUT2D eigenvalue weighted by molar-refractivity contribution is 5.47. The van der Waals surface area contributed by atoms with E-state index in [9.17, 15) is 0 Å². The molecule has 0 atom stereocenters. The second-order valence-corrected chi connectivity index (χ2v) is 3.61. The first-order valence-electron chi connectivity index (χ1n) is 5.14. The molecule has 2 N–H and O–H groups in total. The Kier molecular flexibility index (Phi) is 3.05. The second kappa shape index (κ2) is 4.66. The largest absolute Gasteiger partial charge is 0.489 e. The molecular weight excluding hydrogens is 200 g/mol. The summed E-state index contributed by atoms with van der Waals surface area (Å²) in [5.74, 6) is 0.851. The maximum absolute atomic E-state index is 5.77. The average molecular weight is 214 g/mol. The maximum Gasteiger partial charge on any atom is 0.119 e. The van der Waals surface area contributed by atoms with Crippen molar-refractivity contribution in [3.05, 3.63) is 53.9 Å². The van der Waals surface area contributed by atoms with Crippen LogP contribution < -0.4 is 10.5 Å². The number of nitrogen functional groups attached to an aromatic ring is 1. The van der Waals surface area contributed by atoms with E-state index >= 15 is 0 Å². The van der Waals surface area contributed by atoms with Crippen LogP contribution in [0.5, 0.6) is 5.75 Å². The van der Waals surface area contributed by atoms with Crippen LogP contribution in [0.25, 0.3) is 0 Å². The summed E-state index contributed by atoms with van der Waals surface area (Å²) >= 11 is 0. The van der Waals surface area contributed by atoms with Crippen LogP contribution in [0.3, 0.4) is 0 Å². The predicted molar refractivity (Wildman–Crippen MR) is 64.2 cm³/mol. The third-order valence-electron chi connectivity index (χ3n) is 2.50. The first-order chi connectivity index (χ1) is 7.77. The van der Waals surface area contributed by atoms with Gasteiger partial charge in [0.2, 0.25) is 0 Å². The number of aromatic nitrogens is 1. The molecule has 1 aromatic heterocycles. The summed E-state index contributed by atoms with van der Waals surface area (Å²) in [6.45, 7) is 2.47. The molecule has 0 aliphatic heterocycles. The zero-order valence-corrected chi connectivity index (χ0v) is 9.18. The molecule has 0 amide bonds. The van der Waals surface area contributed by atoms with E-state index in [0.717, 1.165) is 16.9 Å². The van der Waals surface area contributed by atoms with Crippen molar-refractivity contribution in [2.75, 3.05) is 5.73 Å². The predicted octanol–water partition coefficient (Wildman–Crippen LogP) is 2.55. The minimum absolute atomic E-state index is 0.494. The number of benzene rings is 1. The Labute approximate surface area is 94.9 Å². The van der Waals surface area contributed by atoms with Crippen LogP contribution in [0.15, 0.2) is 42.7 Å². The van der Waals surface area contributed by atoms with Crippen LogP contribution in [0, 0.1) is 6.92 Å². The fraction of sp³-hybridized carbons (Fsp3) is 0.154. The first kappa shape index (κ1) is 10.5. The fourth-order valence-corrected chi connectivity index (χ4v) is 1.41. The summed E-state index contributed by atoms with van der Waals surface area (Å²) < 4.78 is 5.63. The topological polar surface area (TPSA) is 48.1 Å². The first-order valence-corrected chi connectivity index (χ1v) is 5.14. The number of para-hydroxylation sites is 1. The number of rotatable bonds is 3. The highest BCUT2D eigenvalue weighted by atomic mass is 16.5. The minimum Gasteiger partial charge on any atom is -0.489 e. The molecule has 1 heterocycles. The molecule has 1 aromatic carbocycles. The third-order valence-corrected chi connectivity index (χ3v) is 2.50. The van der Waals surface area contributed by atoms with Gasteiger partial charge in [-0.1, -0.05) is 18.2 Å². The number of nitrogens with two attached hydrogens (primary N) is 1. The van der Waals surface area contributed by atoms with Gasteiger partial charge in [-0.05, 0) is 24.6 Å². The van der Waals surface area contributed by atoms with Gasteiger partial charge in [0.25, 0.3) is 0 Å². The van der Waals surface area contributed by atoms with E-state index in [-0.39, 0.29) is 0 Å². The van der Waals surface area contributed by atoms with E-state index in [1.807, 2.05) is 37.3 Å². The van der Waals surface area contributed by atoms with Crippen LogP contribution in [0.2, 0.25) is 0 Å². The lowest BCUT2D eigenvalue weighted by Gasteiger charge is -2.09. The zero-order chi connectivity index (χ0) is 11.4. The normalized spacial score (nSPS) is 10.1. The van der Waals surface area contributed by atoms with Gasteiger partial charge in [-0.25, -0.2) is 0 Å². The summed E-state index contributed by atoms with van der Waals surface area (Å²) in [6, 6.07) is 9.70. The lowest BCUT2D eigenvalue weighted by Crippen LogP contribution is -2.01. The highest BCUT2D eigenvalue weighted by Crippen LogP contribution is 2.16. The average Bonchev–Trinajstić information content (AvgIpc) is 2.32. The van der Waals surface area contributed by atoms with Gasteiger partial charge in [0.15, 0.2) is 0 Å². The molecule has 0 saturated carbocycles. The van der Waals surface area contributed by atoms with Crippen molar-refractivity contribution in [2.45, 2.75) is 13.5 Å². The van der Waals surface area contributed by atoms with Gasteiger partial charge in [0.1, 0.15) is 12.4 Å². The van der Waals surface area contributed by atoms with Gasteiger partial charge in [0.05, 0.1) is 11.9 Å². The molecule has 3 heteroatoms. The SMILES string of the molecule is Cc1c(N)cncc1COc1ccccc1. The number of ether oxygens (including phenoxy) is 1. The summed E-state index contributed by atoms with van der Waals surface area (Å²) in [7, 11) is 0. The van der Waals surface area contributed by atoms with Gasteiger partial charge in [-0.2, -0.15) is 0 Å². The molecular formula is C13H14N2O. The van der Waals surface area contributed by atoms with Crippen LogP contribution in [0.1, 0.15) is 11.1 Å². The molecule has 0 spiro atoms. The van der Waals surface area contributed by atoms with E-state index in [1.165, 1.54) is 0 Å². The van der Waals surface area contributed by atoms with E-state index in [1.54, 1.807) is 12.4 Å². The van der Waals surface area contributed by atoms with Crippen molar-refractivity contribution in [1.82, 2.24) is 4.98 Å². The molecule has 2 aromatic rings. The summed E-state index contributed by atoms with van der Waals surface area (Å²) in [5.41, 5.74) is 8.53. The lowest BCUT2D eigenvalue weighted by atomic mass is 10.1. The quantitative estimate of drug-likeness (QED) is 0.854. The molecule has 0 bridgehead atoms. The van der Waals surface area contributed by atoms with E-state index in [0.29, 0.717) is 12.3 Å². The standard InChI is InChI=1S/C13H14N2O/c1-10-11(7-15-8-13(10)14)9-16-12-5-3-2-4-6-12/h2-8H,9,14H2,1H3. The molecule has 3 nitrogen and oxygen atoms in total. The summed E-state index contributed by atoms with van der Waals surface area (Å²) in [5, 5.41) is 0. The Balaban J connectivity index is 2.08. The molecule has 0 fully saturated rings. The zero-order valence-electron chi connectivity index (χ0n) is 9.18. The Bertz CT molecular complexity index is 469. The highest BCUT2D eigenvalue weighted by Gasteiger charge is 2.02. The van der Waals surface area contributed by atoms with Crippen molar-refractivity contribution in [3.63, 3.8) is 0 Å². The summed E-state index contributed by atoms with van der Waals surface area (Å²) in [6.07, 6.45) is 3.44. The van der Waals surface area contributed by atoms with Gasteiger partial charge < -0.3 is 10.5 Å². The molecule has 0 unspecified atom stereocenters. The van der Waals surface area contributed by atoms with Crippen molar-refractivity contribution in [3.8, 4) is 5.75 Å². The Morgan fingerprint density at radius 3 is 2.69 bits per heavy atom. The van der Waals surface area contributed by atoms with Crippen LogP contribution in [-0.4, -0.2) is 4.98 Å². The Morgan fingerprint density at radius 2 is 1.94 bits per heavy atom. The molecule has 0 saturated heterocycles.